The normalized spacial score (nSPS) is 10.3. The molecule has 3 rings (SSSR count). The average molecular weight is 355 g/mol. The summed E-state index contributed by atoms with van der Waals surface area (Å²) in [7, 11) is 0. The van der Waals surface area contributed by atoms with Crippen LogP contribution in [0, 0.1) is 35.1 Å². The molecule has 5 heteroatoms. The molecule has 1 aromatic heterocycles. The minimum atomic E-state index is -1.07. The lowest BCUT2D eigenvalue weighted by Gasteiger charge is -2.05. The lowest BCUT2D eigenvalue weighted by Crippen LogP contribution is -1.94. The van der Waals surface area contributed by atoms with Gasteiger partial charge in [0, 0.05) is 17.3 Å². The van der Waals surface area contributed by atoms with Gasteiger partial charge in [0.25, 0.3) is 0 Å². The highest BCUT2D eigenvalue weighted by Gasteiger charge is 2.11. The number of nitrogens with zero attached hydrogens (tertiary/aromatic N) is 1. The molecule has 26 heavy (non-hydrogen) atoms. The minimum Gasteiger partial charge on any atom is -0.256 e. The summed E-state index contributed by atoms with van der Waals surface area (Å²) in [6, 6.07) is 8.83. The van der Waals surface area contributed by atoms with E-state index in [4.69, 9.17) is 0 Å². The molecular weight excluding hydrogens is 342 g/mol. The van der Waals surface area contributed by atoms with Crippen LogP contribution in [0.3, 0.4) is 0 Å². The molecular formula is C21H13F4N. The van der Waals surface area contributed by atoms with E-state index in [1.807, 2.05) is 13.0 Å². The van der Waals surface area contributed by atoms with Gasteiger partial charge in [-0.3, -0.25) is 4.98 Å². The zero-order chi connectivity index (χ0) is 18.7. The standard InChI is InChI=1S/C21H13F4N/c1-2-13-5-8-21(26-12-13)15-10-18(23)16(19(24)11-15)6-3-14-4-7-17(22)20(25)9-14/h4-5,7-12H,2H2,1H3. The fraction of sp³-hybridized carbons (Fsp3) is 0.0952. The van der Waals surface area contributed by atoms with Crippen molar-refractivity contribution in [3.63, 3.8) is 0 Å². The molecule has 0 aliphatic heterocycles. The van der Waals surface area contributed by atoms with E-state index in [-0.39, 0.29) is 5.56 Å². The van der Waals surface area contributed by atoms with Gasteiger partial charge in [-0.25, -0.2) is 17.6 Å². The van der Waals surface area contributed by atoms with E-state index in [1.165, 1.54) is 6.07 Å². The van der Waals surface area contributed by atoms with E-state index in [0.717, 1.165) is 36.2 Å². The molecule has 0 aliphatic carbocycles. The van der Waals surface area contributed by atoms with Crippen molar-refractivity contribution in [2.75, 3.05) is 0 Å². The number of halogens is 4. The topological polar surface area (TPSA) is 12.9 Å². The molecule has 0 spiro atoms. The summed E-state index contributed by atoms with van der Waals surface area (Å²) in [6.45, 7) is 1.98. The number of aryl methyl sites for hydroxylation is 1. The molecule has 0 N–H and O–H groups in total. The second kappa shape index (κ2) is 7.40. The van der Waals surface area contributed by atoms with Gasteiger partial charge in [-0.15, -0.1) is 0 Å². The Balaban J connectivity index is 1.95. The molecule has 0 amide bonds. The predicted molar refractivity (Wildman–Crippen MR) is 91.3 cm³/mol. The first-order chi connectivity index (χ1) is 12.5. The number of hydrogen-bond acceptors (Lipinski definition) is 1. The van der Waals surface area contributed by atoms with Gasteiger partial charge in [0.15, 0.2) is 11.6 Å². The van der Waals surface area contributed by atoms with Gasteiger partial charge in [-0.1, -0.05) is 24.8 Å². The first-order valence-electron chi connectivity index (χ1n) is 7.89. The van der Waals surface area contributed by atoms with Gasteiger partial charge < -0.3 is 0 Å². The molecule has 0 atom stereocenters. The number of rotatable bonds is 2. The van der Waals surface area contributed by atoms with Gasteiger partial charge >= 0.3 is 0 Å². The second-order valence-electron chi connectivity index (χ2n) is 5.60. The molecule has 1 heterocycles. The van der Waals surface area contributed by atoms with Crippen LogP contribution in [0.4, 0.5) is 17.6 Å². The lowest BCUT2D eigenvalue weighted by molar-refractivity contribution is 0.508. The molecule has 3 aromatic rings. The smallest absolute Gasteiger partial charge is 0.160 e. The van der Waals surface area contributed by atoms with Crippen molar-refractivity contribution in [1.82, 2.24) is 4.98 Å². The Bertz CT molecular complexity index is 991. The summed E-state index contributed by atoms with van der Waals surface area (Å²) < 4.78 is 54.6. The van der Waals surface area contributed by atoms with Crippen molar-refractivity contribution >= 4 is 0 Å². The third kappa shape index (κ3) is 3.75. The Kier molecular flexibility index (Phi) is 5.04. The van der Waals surface area contributed by atoms with E-state index in [9.17, 15) is 17.6 Å². The molecule has 0 aliphatic rings. The summed E-state index contributed by atoms with van der Waals surface area (Å²) in [4.78, 5) is 4.20. The van der Waals surface area contributed by atoms with E-state index < -0.39 is 28.8 Å². The zero-order valence-electron chi connectivity index (χ0n) is 13.8. The first-order valence-corrected chi connectivity index (χ1v) is 7.89. The first kappa shape index (κ1) is 17.7. The van der Waals surface area contributed by atoms with Crippen LogP contribution in [0.5, 0.6) is 0 Å². The Labute approximate surface area is 148 Å². The molecule has 0 saturated heterocycles. The van der Waals surface area contributed by atoms with Crippen LogP contribution >= 0.6 is 0 Å². The number of hydrogen-bond donors (Lipinski definition) is 0. The van der Waals surface area contributed by atoms with Gasteiger partial charge in [0.1, 0.15) is 11.6 Å². The van der Waals surface area contributed by atoms with E-state index in [2.05, 4.69) is 16.8 Å². The van der Waals surface area contributed by atoms with Crippen LogP contribution in [-0.2, 0) is 6.42 Å². The van der Waals surface area contributed by atoms with Crippen LogP contribution in [-0.4, -0.2) is 4.98 Å². The van der Waals surface area contributed by atoms with Gasteiger partial charge in [-0.2, -0.15) is 0 Å². The van der Waals surface area contributed by atoms with Crippen molar-refractivity contribution < 1.29 is 17.6 Å². The van der Waals surface area contributed by atoms with Crippen molar-refractivity contribution in [1.29, 1.82) is 0 Å². The quantitative estimate of drug-likeness (QED) is 0.451. The Hall–Kier alpha value is -3.13. The average Bonchev–Trinajstić information content (AvgIpc) is 2.64. The van der Waals surface area contributed by atoms with Crippen LogP contribution in [0.25, 0.3) is 11.3 Å². The fourth-order valence-corrected chi connectivity index (χ4v) is 2.35. The van der Waals surface area contributed by atoms with E-state index in [0.29, 0.717) is 11.3 Å². The highest BCUT2D eigenvalue weighted by molar-refractivity contribution is 5.61. The number of aromatic nitrogens is 1. The maximum Gasteiger partial charge on any atom is 0.160 e. The number of benzene rings is 2. The highest BCUT2D eigenvalue weighted by atomic mass is 19.2. The summed E-state index contributed by atoms with van der Waals surface area (Å²) >= 11 is 0. The zero-order valence-corrected chi connectivity index (χ0v) is 13.8. The molecule has 0 saturated carbocycles. The van der Waals surface area contributed by atoms with Crippen LogP contribution in [0.2, 0.25) is 0 Å². The number of pyridine rings is 1. The van der Waals surface area contributed by atoms with Gasteiger partial charge in [0.05, 0.1) is 11.3 Å². The fourth-order valence-electron chi connectivity index (χ4n) is 2.35. The molecule has 0 bridgehead atoms. The Morgan fingerprint density at radius 2 is 1.54 bits per heavy atom. The van der Waals surface area contributed by atoms with Crippen LogP contribution in [0.1, 0.15) is 23.6 Å². The second-order valence-corrected chi connectivity index (χ2v) is 5.60. The third-order valence-electron chi connectivity index (χ3n) is 3.82. The van der Waals surface area contributed by atoms with Crippen molar-refractivity contribution in [3.05, 3.63) is 88.6 Å². The Morgan fingerprint density at radius 3 is 2.12 bits per heavy atom. The molecule has 0 unspecified atom stereocenters. The predicted octanol–water partition coefficient (Wildman–Crippen LogP) is 5.27. The van der Waals surface area contributed by atoms with Crippen molar-refractivity contribution in [3.8, 4) is 23.1 Å². The molecule has 130 valence electrons. The Morgan fingerprint density at radius 1 is 0.808 bits per heavy atom. The maximum absolute atomic E-state index is 14.3. The van der Waals surface area contributed by atoms with Gasteiger partial charge in [0.2, 0.25) is 0 Å². The van der Waals surface area contributed by atoms with E-state index in [1.54, 1.807) is 12.3 Å². The summed E-state index contributed by atoms with van der Waals surface area (Å²) in [5.41, 5.74) is 1.43. The SMILES string of the molecule is CCc1ccc(-c2cc(F)c(C#Cc3ccc(F)c(F)c3)c(F)c2)nc1. The summed E-state index contributed by atoms with van der Waals surface area (Å²) in [5.74, 6) is 0.974. The maximum atomic E-state index is 14.3. The summed E-state index contributed by atoms with van der Waals surface area (Å²) in [5, 5.41) is 0. The summed E-state index contributed by atoms with van der Waals surface area (Å²) in [6.07, 6.45) is 2.47. The lowest BCUT2D eigenvalue weighted by atomic mass is 10.1. The monoisotopic (exact) mass is 355 g/mol. The van der Waals surface area contributed by atoms with Crippen LogP contribution < -0.4 is 0 Å². The highest BCUT2D eigenvalue weighted by Crippen LogP contribution is 2.23. The largest absolute Gasteiger partial charge is 0.256 e. The van der Waals surface area contributed by atoms with Crippen LogP contribution in [0.15, 0.2) is 48.7 Å². The molecule has 1 nitrogen and oxygen atoms in total. The molecule has 0 radical (unpaired) electrons. The minimum absolute atomic E-state index is 0.114. The van der Waals surface area contributed by atoms with Crippen molar-refractivity contribution in [2.24, 2.45) is 0 Å². The molecule has 2 aromatic carbocycles. The van der Waals surface area contributed by atoms with Crippen molar-refractivity contribution in [2.45, 2.75) is 13.3 Å². The van der Waals surface area contributed by atoms with Gasteiger partial charge in [-0.05, 0) is 48.4 Å². The van der Waals surface area contributed by atoms with E-state index >= 15 is 0 Å². The third-order valence-corrected chi connectivity index (χ3v) is 3.82. The molecule has 0 fully saturated rings.